The molecule has 16 heavy (non-hydrogen) atoms. The van der Waals surface area contributed by atoms with Crippen LogP contribution >= 0.6 is 0 Å². The van der Waals surface area contributed by atoms with Crippen LogP contribution in [0.3, 0.4) is 0 Å². The molecule has 2 N–H and O–H groups in total. The van der Waals surface area contributed by atoms with Gasteiger partial charge in [-0.25, -0.2) is 4.79 Å². The number of phenols is 1. The van der Waals surface area contributed by atoms with Crippen LogP contribution in [0.15, 0.2) is 30.3 Å². The van der Waals surface area contributed by atoms with E-state index in [4.69, 9.17) is 10.4 Å². The Kier molecular flexibility index (Phi) is 2.22. The van der Waals surface area contributed by atoms with E-state index < -0.39 is 11.7 Å². The third-order valence-electron chi connectivity index (χ3n) is 2.36. The number of benzene rings is 2. The fraction of sp³-hybridized carbons (Fsp3) is 0. The lowest BCUT2D eigenvalue weighted by Gasteiger charge is -2.06. The summed E-state index contributed by atoms with van der Waals surface area (Å²) in [6.07, 6.45) is 0. The Morgan fingerprint density at radius 3 is 2.62 bits per heavy atom. The summed E-state index contributed by atoms with van der Waals surface area (Å²) >= 11 is 0. The van der Waals surface area contributed by atoms with Gasteiger partial charge in [-0.15, -0.1) is 0 Å². The molecule has 0 unspecified atom stereocenters. The van der Waals surface area contributed by atoms with Gasteiger partial charge in [0, 0.05) is 5.39 Å². The number of fused-ring (bicyclic) bond motifs is 1. The molecule has 0 heterocycles. The maximum atomic E-state index is 11.0. The van der Waals surface area contributed by atoms with E-state index in [0.717, 1.165) is 0 Å². The second-order valence-corrected chi connectivity index (χ2v) is 3.29. The van der Waals surface area contributed by atoms with E-state index in [1.807, 2.05) is 0 Å². The Balaban J connectivity index is 2.98. The van der Waals surface area contributed by atoms with Crippen molar-refractivity contribution in [2.45, 2.75) is 0 Å². The van der Waals surface area contributed by atoms with Crippen LogP contribution in [-0.4, -0.2) is 16.2 Å². The van der Waals surface area contributed by atoms with Crippen molar-refractivity contribution in [2.24, 2.45) is 0 Å². The maximum absolute atomic E-state index is 11.0. The van der Waals surface area contributed by atoms with Gasteiger partial charge in [-0.3, -0.25) is 0 Å². The molecule has 2 rings (SSSR count). The first-order valence-electron chi connectivity index (χ1n) is 4.53. The largest absolute Gasteiger partial charge is 0.506 e. The molecule has 0 aromatic heterocycles. The molecule has 2 aromatic carbocycles. The number of hydrogen-bond donors (Lipinski definition) is 2. The summed E-state index contributed by atoms with van der Waals surface area (Å²) < 4.78 is 0. The molecule has 0 spiro atoms. The predicted octanol–water partition coefficient (Wildman–Crippen LogP) is 2.12. The third-order valence-corrected chi connectivity index (χ3v) is 2.36. The monoisotopic (exact) mass is 213 g/mol. The number of carboxylic acid groups (broad SMARTS) is 1. The normalized spacial score (nSPS) is 9.94. The number of hydrogen-bond acceptors (Lipinski definition) is 3. The Morgan fingerprint density at radius 2 is 2.00 bits per heavy atom. The minimum Gasteiger partial charge on any atom is -0.506 e. The van der Waals surface area contributed by atoms with Gasteiger partial charge in [-0.05, 0) is 11.5 Å². The maximum Gasteiger partial charge on any atom is 0.340 e. The SMILES string of the molecule is N#Cc1cc2ccccc2c(C(=O)O)c1O. The Labute approximate surface area is 91.0 Å². The highest BCUT2D eigenvalue weighted by atomic mass is 16.4. The molecule has 0 fully saturated rings. The van der Waals surface area contributed by atoms with Crippen molar-refractivity contribution in [3.05, 3.63) is 41.5 Å². The highest BCUT2D eigenvalue weighted by molar-refractivity contribution is 6.07. The summed E-state index contributed by atoms with van der Waals surface area (Å²) in [6.45, 7) is 0. The van der Waals surface area contributed by atoms with Crippen LogP contribution in [0.25, 0.3) is 10.8 Å². The van der Waals surface area contributed by atoms with Gasteiger partial charge in [0.2, 0.25) is 0 Å². The molecule has 0 aliphatic carbocycles. The summed E-state index contributed by atoms with van der Waals surface area (Å²) in [4.78, 5) is 11.0. The zero-order valence-electron chi connectivity index (χ0n) is 8.14. The van der Waals surface area contributed by atoms with Gasteiger partial charge in [-0.1, -0.05) is 24.3 Å². The van der Waals surface area contributed by atoms with Gasteiger partial charge in [0.25, 0.3) is 0 Å². The fourth-order valence-corrected chi connectivity index (χ4v) is 1.64. The number of aromatic hydroxyl groups is 1. The second kappa shape index (κ2) is 3.55. The van der Waals surface area contributed by atoms with E-state index in [9.17, 15) is 9.90 Å². The van der Waals surface area contributed by atoms with Crippen LogP contribution in [0.4, 0.5) is 0 Å². The molecule has 0 atom stereocenters. The molecule has 0 radical (unpaired) electrons. The van der Waals surface area contributed by atoms with Crippen molar-refractivity contribution in [3.8, 4) is 11.8 Å². The fourth-order valence-electron chi connectivity index (χ4n) is 1.64. The first-order chi connectivity index (χ1) is 7.65. The molecule has 2 aromatic rings. The van der Waals surface area contributed by atoms with Crippen molar-refractivity contribution >= 4 is 16.7 Å². The number of aromatic carboxylic acids is 1. The van der Waals surface area contributed by atoms with E-state index in [1.54, 1.807) is 30.3 Å². The molecular weight excluding hydrogens is 206 g/mol. The summed E-state index contributed by atoms with van der Waals surface area (Å²) in [6, 6.07) is 9.96. The van der Waals surface area contributed by atoms with Crippen molar-refractivity contribution in [1.29, 1.82) is 5.26 Å². The van der Waals surface area contributed by atoms with Gasteiger partial charge in [0.15, 0.2) is 0 Å². The molecule has 78 valence electrons. The van der Waals surface area contributed by atoms with Crippen molar-refractivity contribution in [2.75, 3.05) is 0 Å². The minimum atomic E-state index is -1.24. The number of carbonyl (C=O) groups is 1. The van der Waals surface area contributed by atoms with E-state index in [1.165, 1.54) is 6.07 Å². The molecule has 4 nitrogen and oxygen atoms in total. The van der Waals surface area contributed by atoms with Gasteiger partial charge in [0.1, 0.15) is 17.4 Å². The van der Waals surface area contributed by atoms with E-state index in [-0.39, 0.29) is 11.1 Å². The highest BCUT2D eigenvalue weighted by Gasteiger charge is 2.17. The standard InChI is InChI=1S/C12H7NO3/c13-6-8-5-7-3-1-2-4-9(7)10(11(8)14)12(15)16/h1-5,14H,(H,15,16). The zero-order valence-corrected chi connectivity index (χ0v) is 8.14. The van der Waals surface area contributed by atoms with Crippen molar-refractivity contribution < 1.29 is 15.0 Å². The smallest absolute Gasteiger partial charge is 0.340 e. The van der Waals surface area contributed by atoms with Crippen molar-refractivity contribution in [3.63, 3.8) is 0 Å². The summed E-state index contributed by atoms with van der Waals surface area (Å²) in [5.41, 5.74) is -0.259. The first kappa shape index (κ1) is 9.99. The van der Waals surface area contributed by atoms with Crippen LogP contribution in [0, 0.1) is 11.3 Å². The average Bonchev–Trinajstić information content (AvgIpc) is 2.27. The molecular formula is C12H7NO3. The predicted molar refractivity (Wildman–Crippen MR) is 57.3 cm³/mol. The van der Waals surface area contributed by atoms with Gasteiger partial charge < -0.3 is 10.2 Å². The summed E-state index contributed by atoms with van der Waals surface area (Å²) in [5.74, 6) is -1.72. The third kappa shape index (κ3) is 1.35. The average molecular weight is 213 g/mol. The molecule has 0 aliphatic heterocycles. The number of nitrogens with zero attached hydrogens (tertiary/aromatic N) is 1. The second-order valence-electron chi connectivity index (χ2n) is 3.29. The lowest BCUT2D eigenvalue weighted by molar-refractivity contribution is 0.0696. The highest BCUT2D eigenvalue weighted by Crippen LogP contribution is 2.30. The van der Waals surface area contributed by atoms with Gasteiger partial charge in [0.05, 0.1) is 5.56 Å². The Hall–Kier alpha value is -2.54. The lowest BCUT2D eigenvalue weighted by atomic mass is 10.00. The topological polar surface area (TPSA) is 81.3 Å². The molecule has 0 bridgehead atoms. The van der Waals surface area contributed by atoms with Crippen LogP contribution in [-0.2, 0) is 0 Å². The lowest BCUT2D eigenvalue weighted by Crippen LogP contribution is -1.99. The van der Waals surface area contributed by atoms with Gasteiger partial charge >= 0.3 is 5.97 Å². The minimum absolute atomic E-state index is 0.0314. The van der Waals surface area contributed by atoms with Crippen molar-refractivity contribution in [1.82, 2.24) is 0 Å². The zero-order chi connectivity index (χ0) is 11.7. The van der Waals surface area contributed by atoms with Crippen LogP contribution in [0.2, 0.25) is 0 Å². The quantitative estimate of drug-likeness (QED) is 0.760. The van der Waals surface area contributed by atoms with E-state index in [2.05, 4.69) is 0 Å². The van der Waals surface area contributed by atoms with E-state index in [0.29, 0.717) is 10.8 Å². The number of rotatable bonds is 1. The molecule has 0 amide bonds. The van der Waals surface area contributed by atoms with Gasteiger partial charge in [-0.2, -0.15) is 5.26 Å². The summed E-state index contributed by atoms with van der Waals surface area (Å²) in [7, 11) is 0. The van der Waals surface area contributed by atoms with E-state index >= 15 is 0 Å². The Bertz CT molecular complexity index is 626. The molecule has 0 aliphatic rings. The summed E-state index contributed by atoms with van der Waals surface area (Å²) in [5, 5.41) is 28.5. The number of carboxylic acids is 1. The van der Waals surface area contributed by atoms with Crippen LogP contribution in [0.1, 0.15) is 15.9 Å². The van der Waals surface area contributed by atoms with Crippen LogP contribution < -0.4 is 0 Å². The molecule has 0 saturated carbocycles. The first-order valence-corrected chi connectivity index (χ1v) is 4.53. The number of nitriles is 1. The molecule has 4 heteroatoms. The Morgan fingerprint density at radius 1 is 1.31 bits per heavy atom. The van der Waals surface area contributed by atoms with Crippen LogP contribution in [0.5, 0.6) is 5.75 Å². The molecule has 0 saturated heterocycles.